The van der Waals surface area contributed by atoms with Gasteiger partial charge >= 0.3 is 6.03 Å². The summed E-state index contributed by atoms with van der Waals surface area (Å²) in [6, 6.07) is 10.4. The summed E-state index contributed by atoms with van der Waals surface area (Å²) in [4.78, 5) is 14.8. The molecule has 5 nitrogen and oxygen atoms in total. The molecule has 1 aliphatic carbocycles. The minimum absolute atomic E-state index is 0.0481. The van der Waals surface area contributed by atoms with Crippen molar-refractivity contribution >= 4 is 11.8 Å². The lowest BCUT2D eigenvalue weighted by atomic mass is 9.67. The molecule has 2 aromatic rings. The molecule has 1 saturated heterocycles. The molecule has 24 heavy (non-hydrogen) atoms. The summed E-state index contributed by atoms with van der Waals surface area (Å²) in [5, 5.41) is 7.23. The van der Waals surface area contributed by atoms with E-state index in [0.717, 1.165) is 30.8 Å². The molecule has 4 rings (SSSR count). The number of allylic oxidation sites excluding steroid dienone is 2. The molecule has 1 fully saturated rings. The molecule has 2 heterocycles. The van der Waals surface area contributed by atoms with E-state index >= 15 is 0 Å². The Morgan fingerprint density at radius 2 is 1.96 bits per heavy atom. The molecular weight excluding hydrogens is 300 g/mol. The highest BCUT2D eigenvalue weighted by Gasteiger charge is 2.54. The maximum atomic E-state index is 12.9. The third kappa shape index (κ3) is 2.23. The average Bonchev–Trinajstić information content (AvgIpc) is 3.17. The smallest absolute Gasteiger partial charge is 0.316 e. The maximum absolute atomic E-state index is 12.9. The van der Waals surface area contributed by atoms with E-state index in [4.69, 9.17) is 0 Å². The van der Waals surface area contributed by atoms with Gasteiger partial charge in [0.2, 0.25) is 0 Å². The first kappa shape index (κ1) is 15.0. The van der Waals surface area contributed by atoms with Crippen molar-refractivity contribution in [2.75, 3.05) is 11.9 Å². The number of amides is 2. The molecule has 124 valence electrons. The third-order valence-electron chi connectivity index (χ3n) is 5.32. The Kier molecular flexibility index (Phi) is 3.44. The summed E-state index contributed by atoms with van der Waals surface area (Å²) in [6.07, 6.45) is 8.35. The number of aromatic nitrogens is 2. The van der Waals surface area contributed by atoms with Crippen molar-refractivity contribution in [1.82, 2.24) is 14.7 Å². The fourth-order valence-corrected chi connectivity index (χ4v) is 4.06. The van der Waals surface area contributed by atoms with Crippen LogP contribution in [0.2, 0.25) is 0 Å². The van der Waals surface area contributed by atoms with Crippen LogP contribution in [0, 0.1) is 12.3 Å². The average molecular weight is 322 g/mol. The Morgan fingerprint density at radius 1 is 1.25 bits per heavy atom. The van der Waals surface area contributed by atoms with Gasteiger partial charge in [-0.15, -0.1) is 0 Å². The number of aryl methyl sites for hydroxylation is 2. The Morgan fingerprint density at radius 3 is 2.58 bits per heavy atom. The van der Waals surface area contributed by atoms with Gasteiger partial charge in [-0.05, 0) is 25.3 Å². The molecule has 1 unspecified atom stereocenters. The molecule has 2 aliphatic rings. The van der Waals surface area contributed by atoms with Gasteiger partial charge in [-0.25, -0.2) is 4.79 Å². The number of carbonyl (C=O) groups excluding carboxylic acids is 1. The number of carbonyl (C=O) groups is 1. The first-order valence-electron chi connectivity index (χ1n) is 8.37. The topological polar surface area (TPSA) is 50.2 Å². The van der Waals surface area contributed by atoms with Crippen LogP contribution in [-0.2, 0) is 7.05 Å². The molecule has 0 saturated carbocycles. The van der Waals surface area contributed by atoms with Crippen molar-refractivity contribution in [3.8, 4) is 0 Å². The van der Waals surface area contributed by atoms with Crippen molar-refractivity contribution in [3.63, 3.8) is 0 Å². The van der Waals surface area contributed by atoms with Gasteiger partial charge in [0.05, 0.1) is 12.2 Å². The first-order chi connectivity index (χ1) is 11.6. The molecule has 1 aliphatic heterocycles. The van der Waals surface area contributed by atoms with E-state index in [2.05, 4.69) is 34.7 Å². The second kappa shape index (κ2) is 5.51. The molecule has 1 N–H and O–H groups in total. The van der Waals surface area contributed by atoms with Crippen LogP contribution in [0.4, 0.5) is 10.6 Å². The number of benzene rings is 1. The van der Waals surface area contributed by atoms with E-state index in [1.165, 1.54) is 5.56 Å². The van der Waals surface area contributed by atoms with Crippen LogP contribution < -0.4 is 5.32 Å². The molecular formula is C19H22N4O. The lowest BCUT2D eigenvalue weighted by Gasteiger charge is -2.56. The summed E-state index contributed by atoms with van der Waals surface area (Å²) in [7, 11) is 1.84. The molecule has 1 aromatic carbocycles. The minimum atomic E-state index is -0.0481. The van der Waals surface area contributed by atoms with E-state index in [1.807, 2.05) is 37.1 Å². The largest absolute Gasteiger partial charge is 0.323 e. The van der Waals surface area contributed by atoms with Crippen LogP contribution in [0.5, 0.6) is 0 Å². The fraction of sp³-hybridized carbons (Fsp3) is 0.368. The van der Waals surface area contributed by atoms with Crippen molar-refractivity contribution in [1.29, 1.82) is 0 Å². The molecule has 1 spiro atoms. The predicted molar refractivity (Wildman–Crippen MR) is 93.7 cm³/mol. The van der Waals surface area contributed by atoms with E-state index in [9.17, 15) is 4.79 Å². The van der Waals surface area contributed by atoms with Gasteiger partial charge in [-0.1, -0.05) is 42.5 Å². The van der Waals surface area contributed by atoms with Crippen molar-refractivity contribution in [2.24, 2.45) is 12.5 Å². The van der Waals surface area contributed by atoms with E-state index in [-0.39, 0.29) is 17.5 Å². The standard InChI is InChI=1S/C19H22N4O/c1-14-12-20-22(2)17(14)21-18(24)23-13-19(10-6-7-11-19)16(23)15-8-4-3-5-9-15/h3-9,12,16H,10-11,13H2,1-2H3,(H,21,24). The molecule has 0 radical (unpaired) electrons. The van der Waals surface area contributed by atoms with Crippen LogP contribution in [-0.4, -0.2) is 27.3 Å². The Balaban J connectivity index is 1.59. The van der Waals surface area contributed by atoms with Crippen molar-refractivity contribution < 1.29 is 4.79 Å². The predicted octanol–water partition coefficient (Wildman–Crippen LogP) is 3.65. The van der Waals surface area contributed by atoms with Crippen molar-refractivity contribution in [3.05, 3.63) is 59.8 Å². The molecule has 5 heteroatoms. The highest BCUT2D eigenvalue weighted by Crippen LogP contribution is 2.56. The number of nitrogens with zero attached hydrogens (tertiary/aromatic N) is 3. The monoisotopic (exact) mass is 322 g/mol. The van der Waals surface area contributed by atoms with E-state index in [0.29, 0.717) is 0 Å². The highest BCUT2D eigenvalue weighted by atomic mass is 16.2. The zero-order valence-corrected chi connectivity index (χ0v) is 14.1. The van der Waals surface area contributed by atoms with E-state index < -0.39 is 0 Å². The lowest BCUT2D eigenvalue weighted by molar-refractivity contribution is -0.0308. The summed E-state index contributed by atoms with van der Waals surface area (Å²) < 4.78 is 1.71. The van der Waals surface area contributed by atoms with Crippen molar-refractivity contribution in [2.45, 2.75) is 25.8 Å². The van der Waals surface area contributed by atoms with Crippen LogP contribution in [0.15, 0.2) is 48.7 Å². The maximum Gasteiger partial charge on any atom is 0.323 e. The zero-order chi connectivity index (χ0) is 16.7. The lowest BCUT2D eigenvalue weighted by Crippen LogP contribution is -2.60. The normalized spacial score (nSPS) is 21.1. The number of rotatable bonds is 2. The second-order valence-electron chi connectivity index (χ2n) is 6.91. The molecule has 1 aromatic heterocycles. The minimum Gasteiger partial charge on any atom is -0.316 e. The van der Waals surface area contributed by atoms with Crippen LogP contribution in [0.25, 0.3) is 0 Å². The number of hydrogen-bond donors (Lipinski definition) is 1. The van der Waals surface area contributed by atoms with Gasteiger partial charge < -0.3 is 4.90 Å². The van der Waals surface area contributed by atoms with Gasteiger partial charge in [0.25, 0.3) is 0 Å². The van der Waals surface area contributed by atoms with Gasteiger partial charge in [0.1, 0.15) is 5.82 Å². The number of likely N-dealkylation sites (tertiary alicyclic amines) is 1. The second-order valence-corrected chi connectivity index (χ2v) is 6.91. The molecule has 0 bridgehead atoms. The zero-order valence-electron chi connectivity index (χ0n) is 14.1. The number of hydrogen-bond acceptors (Lipinski definition) is 2. The Bertz CT molecular complexity index is 765. The molecule has 1 atom stereocenters. The quantitative estimate of drug-likeness (QED) is 0.858. The highest BCUT2D eigenvalue weighted by molar-refractivity contribution is 5.90. The SMILES string of the molecule is Cc1cnn(C)c1NC(=O)N1CC2(CC=CC2)C1c1ccccc1. The number of anilines is 1. The van der Waals surface area contributed by atoms with Crippen LogP contribution in [0.3, 0.4) is 0 Å². The first-order valence-corrected chi connectivity index (χ1v) is 8.37. The van der Waals surface area contributed by atoms with Gasteiger partial charge in [0, 0.05) is 24.6 Å². The Hall–Kier alpha value is -2.56. The van der Waals surface area contributed by atoms with Crippen LogP contribution >= 0.6 is 0 Å². The van der Waals surface area contributed by atoms with Gasteiger partial charge in [0.15, 0.2) is 0 Å². The summed E-state index contributed by atoms with van der Waals surface area (Å²) >= 11 is 0. The van der Waals surface area contributed by atoms with E-state index in [1.54, 1.807) is 10.9 Å². The number of urea groups is 1. The Labute approximate surface area is 142 Å². The number of nitrogens with one attached hydrogen (secondary N) is 1. The fourth-order valence-electron chi connectivity index (χ4n) is 4.06. The third-order valence-corrected chi connectivity index (χ3v) is 5.32. The molecule has 2 amide bonds. The summed E-state index contributed by atoms with van der Waals surface area (Å²) in [5.74, 6) is 0.761. The van der Waals surface area contributed by atoms with Gasteiger partial charge in [-0.3, -0.25) is 10.00 Å². The van der Waals surface area contributed by atoms with Crippen LogP contribution in [0.1, 0.15) is 30.0 Å². The summed E-state index contributed by atoms with van der Waals surface area (Å²) in [5.41, 5.74) is 2.35. The summed E-state index contributed by atoms with van der Waals surface area (Å²) in [6.45, 7) is 2.75. The van der Waals surface area contributed by atoms with Gasteiger partial charge in [-0.2, -0.15) is 5.10 Å².